The van der Waals surface area contributed by atoms with Crippen LogP contribution in [0.25, 0.3) is 21.9 Å². The Labute approximate surface area is 216 Å². The molecule has 0 aromatic carbocycles. The summed E-state index contributed by atoms with van der Waals surface area (Å²) in [7, 11) is 0. The van der Waals surface area contributed by atoms with Crippen LogP contribution in [0, 0.1) is 17.8 Å². The third-order valence-corrected chi connectivity index (χ3v) is 9.43. The van der Waals surface area contributed by atoms with E-state index in [0.717, 1.165) is 48.0 Å². The van der Waals surface area contributed by atoms with Gasteiger partial charge in [-0.05, 0) is 43.9 Å². The molecule has 3 aromatic heterocycles. The zero-order valence-corrected chi connectivity index (χ0v) is 21.3. The number of pyridine rings is 1. The van der Waals surface area contributed by atoms with Crippen molar-refractivity contribution in [2.75, 3.05) is 23.3 Å². The number of nitrogens with zero attached hydrogens (tertiary/aromatic N) is 4. The van der Waals surface area contributed by atoms with Crippen LogP contribution in [0.2, 0.25) is 10.2 Å². The van der Waals surface area contributed by atoms with Crippen molar-refractivity contribution in [3.05, 3.63) is 28.5 Å². The fraction of sp³-hybridized carbons (Fsp3) is 0.500. The van der Waals surface area contributed by atoms with Crippen molar-refractivity contribution in [3.63, 3.8) is 0 Å². The fourth-order valence-electron chi connectivity index (χ4n) is 5.73. The molecule has 35 heavy (non-hydrogen) atoms. The Hall–Kier alpha value is -2.36. The van der Waals surface area contributed by atoms with Crippen molar-refractivity contribution in [2.45, 2.75) is 44.2 Å². The van der Waals surface area contributed by atoms with Crippen LogP contribution >= 0.6 is 34.5 Å². The van der Waals surface area contributed by atoms with Crippen LogP contribution < -0.4 is 15.5 Å². The highest BCUT2D eigenvalue weighted by Crippen LogP contribution is 2.47. The second-order valence-electron chi connectivity index (χ2n) is 10.0. The van der Waals surface area contributed by atoms with Crippen LogP contribution in [0.5, 0.6) is 0 Å². The van der Waals surface area contributed by atoms with Gasteiger partial charge in [-0.3, -0.25) is 4.79 Å². The number of allylic oxidation sites excluding steroid dienone is 1. The van der Waals surface area contributed by atoms with E-state index in [2.05, 4.69) is 42.6 Å². The predicted octanol–water partition coefficient (Wildman–Crippen LogP) is 4.87. The molecule has 4 aliphatic rings. The summed E-state index contributed by atoms with van der Waals surface area (Å²) in [5.41, 5.74) is 2.00. The molecule has 3 fully saturated rings. The molecule has 1 amide bonds. The number of carbonyl (C=O) groups excluding carboxylic acids is 1. The van der Waals surface area contributed by atoms with E-state index < -0.39 is 0 Å². The summed E-state index contributed by atoms with van der Waals surface area (Å²) in [5, 5.41) is 8.68. The molecule has 0 unspecified atom stereocenters. The van der Waals surface area contributed by atoms with Gasteiger partial charge in [-0.2, -0.15) is 0 Å². The first-order valence-corrected chi connectivity index (χ1v) is 13.8. The summed E-state index contributed by atoms with van der Waals surface area (Å²) in [6.07, 6.45) is 11.5. The van der Waals surface area contributed by atoms with Crippen LogP contribution in [0.1, 0.15) is 32.1 Å². The highest BCUT2D eigenvalue weighted by atomic mass is 35.5. The number of amides is 1. The quantitative estimate of drug-likeness (QED) is 0.394. The van der Waals surface area contributed by atoms with E-state index in [-0.39, 0.29) is 29.7 Å². The van der Waals surface area contributed by atoms with E-state index in [9.17, 15) is 4.79 Å². The van der Waals surface area contributed by atoms with Crippen LogP contribution in [-0.2, 0) is 4.79 Å². The molecule has 4 heterocycles. The average molecular weight is 530 g/mol. The number of imidazole rings is 1. The lowest BCUT2D eigenvalue weighted by atomic mass is 9.87. The Morgan fingerprint density at radius 1 is 1.14 bits per heavy atom. The van der Waals surface area contributed by atoms with E-state index in [1.54, 1.807) is 6.20 Å². The van der Waals surface area contributed by atoms with Gasteiger partial charge in [0.15, 0.2) is 21.8 Å². The van der Waals surface area contributed by atoms with Gasteiger partial charge in [-0.25, -0.2) is 15.0 Å². The summed E-state index contributed by atoms with van der Waals surface area (Å²) in [5.74, 6) is 1.19. The van der Waals surface area contributed by atoms with E-state index in [1.165, 1.54) is 24.2 Å². The summed E-state index contributed by atoms with van der Waals surface area (Å²) >= 11 is 14.7. The van der Waals surface area contributed by atoms with Crippen molar-refractivity contribution in [2.24, 2.45) is 17.8 Å². The van der Waals surface area contributed by atoms with Crippen LogP contribution in [0.4, 0.5) is 10.8 Å². The Morgan fingerprint density at radius 3 is 2.74 bits per heavy atom. The number of carbonyl (C=O) groups is 1. The molecule has 4 atom stereocenters. The predicted molar refractivity (Wildman–Crippen MR) is 139 cm³/mol. The lowest BCUT2D eigenvalue weighted by molar-refractivity contribution is -0.126. The Balaban J connectivity index is 1.22. The van der Waals surface area contributed by atoms with Crippen LogP contribution in [0.3, 0.4) is 0 Å². The number of fused-ring (bicyclic) bond motifs is 3. The van der Waals surface area contributed by atoms with Crippen molar-refractivity contribution in [1.29, 1.82) is 0 Å². The normalized spacial score (nSPS) is 27.3. The average Bonchev–Trinajstić information content (AvgIpc) is 3.39. The van der Waals surface area contributed by atoms with Gasteiger partial charge in [0, 0.05) is 25.2 Å². The minimum Gasteiger partial charge on any atom is -0.378 e. The van der Waals surface area contributed by atoms with Gasteiger partial charge in [0.05, 0.1) is 22.8 Å². The molecule has 11 heteroatoms. The maximum atomic E-state index is 13.1. The van der Waals surface area contributed by atoms with Crippen molar-refractivity contribution < 1.29 is 4.79 Å². The Morgan fingerprint density at radius 2 is 1.94 bits per heavy atom. The van der Waals surface area contributed by atoms with Gasteiger partial charge in [0.1, 0.15) is 10.4 Å². The number of nitrogens with one attached hydrogen (secondary N) is 3. The Kier molecular flexibility index (Phi) is 5.22. The van der Waals surface area contributed by atoms with Crippen molar-refractivity contribution in [1.82, 2.24) is 25.3 Å². The Bertz CT molecular complexity index is 1340. The maximum absolute atomic E-state index is 13.1. The zero-order chi connectivity index (χ0) is 23.7. The number of H-pyrrole nitrogens is 1. The van der Waals surface area contributed by atoms with Crippen molar-refractivity contribution >= 4 is 62.4 Å². The standard InChI is InChI=1S/C24H25Cl2N7OS/c25-14-10-27-21-18(30-22(32-21)19-20(26)31-24(35-19)33-7-1-2-8-33)17(14)29-16-12-4-3-11(9-12)15(16)23(34)28-13-5-6-13/h3-4,10-13,15-16H,1-2,5-9H2,(H,28,34)(H2,27,29,30,32)/t11-,12-,15+,16+/m1/s1. The molecule has 3 aliphatic carbocycles. The summed E-state index contributed by atoms with van der Waals surface area (Å²) in [6.45, 7) is 2.00. The monoisotopic (exact) mass is 529 g/mol. The highest BCUT2D eigenvalue weighted by Gasteiger charge is 2.49. The van der Waals surface area contributed by atoms with E-state index in [4.69, 9.17) is 28.2 Å². The smallest absolute Gasteiger partial charge is 0.226 e. The number of aromatic amines is 1. The number of hydrogen-bond acceptors (Lipinski definition) is 7. The van der Waals surface area contributed by atoms with Crippen LogP contribution in [0.15, 0.2) is 18.3 Å². The topological polar surface area (TPSA) is 98.8 Å². The first-order valence-electron chi connectivity index (χ1n) is 12.3. The molecule has 0 radical (unpaired) electrons. The lowest BCUT2D eigenvalue weighted by Gasteiger charge is -2.29. The number of anilines is 2. The molecule has 2 saturated carbocycles. The molecular weight excluding hydrogens is 505 g/mol. The molecule has 7 rings (SSSR count). The van der Waals surface area contributed by atoms with E-state index in [1.807, 2.05) is 0 Å². The molecule has 1 aliphatic heterocycles. The van der Waals surface area contributed by atoms with Gasteiger partial charge in [0.25, 0.3) is 0 Å². The summed E-state index contributed by atoms with van der Waals surface area (Å²) < 4.78 is 0. The van der Waals surface area contributed by atoms with Gasteiger partial charge >= 0.3 is 0 Å². The zero-order valence-electron chi connectivity index (χ0n) is 18.9. The molecule has 3 N–H and O–H groups in total. The largest absolute Gasteiger partial charge is 0.378 e. The number of aromatic nitrogens is 4. The third kappa shape index (κ3) is 3.79. The first-order chi connectivity index (χ1) is 17.0. The van der Waals surface area contributed by atoms with Gasteiger partial charge in [-0.15, -0.1) is 0 Å². The molecule has 3 aromatic rings. The number of hydrogen-bond donors (Lipinski definition) is 3. The number of rotatable bonds is 6. The minimum atomic E-state index is -0.119. The van der Waals surface area contributed by atoms with Gasteiger partial charge < -0.3 is 20.5 Å². The van der Waals surface area contributed by atoms with Crippen molar-refractivity contribution in [3.8, 4) is 10.7 Å². The lowest BCUT2D eigenvalue weighted by Crippen LogP contribution is -2.44. The van der Waals surface area contributed by atoms with Gasteiger partial charge in [0.2, 0.25) is 5.91 Å². The maximum Gasteiger partial charge on any atom is 0.226 e. The first kappa shape index (κ1) is 21.9. The second kappa shape index (κ2) is 8.35. The molecule has 182 valence electrons. The second-order valence-corrected chi connectivity index (χ2v) is 11.7. The molecular formula is C24H25Cl2N7OS. The highest BCUT2D eigenvalue weighted by molar-refractivity contribution is 7.19. The minimum absolute atomic E-state index is 0.0349. The molecule has 0 spiro atoms. The van der Waals surface area contributed by atoms with E-state index >= 15 is 0 Å². The van der Waals surface area contributed by atoms with Crippen LogP contribution in [-0.4, -0.2) is 51.0 Å². The fourth-order valence-corrected chi connectivity index (χ4v) is 7.22. The van der Waals surface area contributed by atoms with Gasteiger partial charge in [-0.1, -0.05) is 46.7 Å². The summed E-state index contributed by atoms with van der Waals surface area (Å²) in [6, 6.07) is 0.305. The SMILES string of the molecule is O=C(NC1CC1)[C@@H]1[C@@H](Nc2c(Cl)cnc3nc(-c4sc(N5CCCC5)nc4Cl)[nH]c23)[C@@H]2C=C[C@@H]1C2. The number of halogens is 2. The van der Waals surface area contributed by atoms with E-state index in [0.29, 0.717) is 33.2 Å². The summed E-state index contributed by atoms with van der Waals surface area (Å²) in [4.78, 5) is 33.3. The number of thiazole rings is 1. The molecule has 8 nitrogen and oxygen atoms in total. The third-order valence-electron chi connectivity index (χ3n) is 7.64. The molecule has 2 bridgehead atoms. The molecule has 1 saturated heterocycles.